The molecule has 33 heavy (non-hydrogen) atoms. The third kappa shape index (κ3) is 12.8. The van der Waals surface area contributed by atoms with Crippen LogP contribution in [0.3, 0.4) is 0 Å². The highest BCUT2D eigenvalue weighted by molar-refractivity contribution is 7.81. The van der Waals surface area contributed by atoms with Gasteiger partial charge in [-0.15, -0.1) is 0 Å². The van der Waals surface area contributed by atoms with E-state index in [1.807, 2.05) is 0 Å². The molecular formula is C22H38O10S. The molecule has 10 nitrogen and oxygen atoms in total. The number of aliphatic hydroxyl groups excluding tert-OH is 2. The summed E-state index contributed by atoms with van der Waals surface area (Å²) >= 11 is 0. The van der Waals surface area contributed by atoms with Crippen LogP contribution in [0.5, 0.6) is 0 Å². The number of esters is 2. The summed E-state index contributed by atoms with van der Waals surface area (Å²) in [7, 11) is -5.06. The number of aliphatic hydroxyl groups is 2. The Hall–Kier alpha value is -1.85. The second-order valence-corrected chi connectivity index (χ2v) is 9.32. The quantitative estimate of drug-likeness (QED) is 0.137. The number of hydrogen-bond acceptors (Lipinski definition) is 9. The predicted molar refractivity (Wildman–Crippen MR) is 119 cm³/mol. The lowest BCUT2D eigenvalue weighted by molar-refractivity contribution is -0.154. The van der Waals surface area contributed by atoms with Gasteiger partial charge in [0.1, 0.15) is 12.7 Å². The first kappa shape index (κ1) is 29.2. The first-order valence-electron chi connectivity index (χ1n) is 11.8. The van der Waals surface area contributed by atoms with E-state index in [1.54, 1.807) is 0 Å². The second-order valence-electron chi connectivity index (χ2n) is 8.29. The highest BCUT2D eigenvalue weighted by atomic mass is 32.3. The monoisotopic (exact) mass is 494 g/mol. The Kier molecular flexibility index (Phi) is 14.1. The van der Waals surface area contributed by atoms with Crippen LogP contribution in [0.1, 0.15) is 96.8 Å². The molecule has 0 aromatic rings. The molecule has 0 radical (unpaired) electrons. The molecule has 1 aliphatic heterocycles. The standard InChI is InChI=1S/C22H38O10S/c1-2-3-4-5-6-7-8-9-10-11-12-13-14-15-18(24)30-16-17(23)20-19(25)21(22(26)31-20)32-33(27,28)29/h17,20,23,25H,2-16H2,1H3,(H,27,28,29)/t17-,20+/m0/s1. The van der Waals surface area contributed by atoms with Crippen LogP contribution in [-0.2, 0) is 33.6 Å². The second kappa shape index (κ2) is 15.9. The minimum absolute atomic E-state index is 0.174. The first-order chi connectivity index (χ1) is 15.7. The molecule has 192 valence electrons. The van der Waals surface area contributed by atoms with Crippen molar-refractivity contribution in [2.45, 2.75) is 109 Å². The fourth-order valence-electron chi connectivity index (χ4n) is 3.53. The first-order valence-corrected chi connectivity index (χ1v) is 13.2. The van der Waals surface area contributed by atoms with Crippen LogP contribution < -0.4 is 0 Å². The zero-order valence-electron chi connectivity index (χ0n) is 19.4. The third-order valence-corrected chi connectivity index (χ3v) is 5.74. The van der Waals surface area contributed by atoms with Gasteiger partial charge in [0, 0.05) is 6.42 Å². The summed E-state index contributed by atoms with van der Waals surface area (Å²) in [6, 6.07) is 0. The molecule has 0 saturated carbocycles. The van der Waals surface area contributed by atoms with Gasteiger partial charge in [0.15, 0.2) is 11.9 Å². The summed E-state index contributed by atoms with van der Waals surface area (Å²) in [5.41, 5.74) is 0. The van der Waals surface area contributed by atoms with Crippen LogP contribution in [0.15, 0.2) is 11.5 Å². The van der Waals surface area contributed by atoms with Crippen molar-refractivity contribution in [2.24, 2.45) is 0 Å². The fraction of sp³-hybridized carbons (Fsp3) is 0.818. The Labute approximate surface area is 196 Å². The van der Waals surface area contributed by atoms with Gasteiger partial charge in [-0.25, -0.2) is 4.79 Å². The Morgan fingerprint density at radius 2 is 1.45 bits per heavy atom. The summed E-state index contributed by atoms with van der Waals surface area (Å²) < 4.78 is 43.4. The molecule has 3 N–H and O–H groups in total. The highest BCUT2D eigenvalue weighted by Crippen LogP contribution is 2.25. The van der Waals surface area contributed by atoms with Gasteiger partial charge >= 0.3 is 22.3 Å². The van der Waals surface area contributed by atoms with Crippen molar-refractivity contribution in [1.29, 1.82) is 0 Å². The Morgan fingerprint density at radius 3 is 1.94 bits per heavy atom. The molecule has 1 rings (SSSR count). The maximum absolute atomic E-state index is 11.8. The van der Waals surface area contributed by atoms with E-state index in [9.17, 15) is 28.2 Å². The van der Waals surface area contributed by atoms with Gasteiger partial charge < -0.3 is 23.9 Å². The van der Waals surface area contributed by atoms with Crippen molar-refractivity contribution in [3.05, 3.63) is 11.5 Å². The number of unbranched alkanes of at least 4 members (excludes halogenated alkanes) is 12. The largest absolute Gasteiger partial charge is 0.505 e. The van der Waals surface area contributed by atoms with E-state index < -0.39 is 52.7 Å². The SMILES string of the molecule is CCCCCCCCCCCCCCCC(=O)OC[C@H](O)[C@H]1OC(=O)C(OS(=O)(=O)O)=C1O. The summed E-state index contributed by atoms with van der Waals surface area (Å²) in [6.07, 6.45) is 12.3. The van der Waals surface area contributed by atoms with Crippen molar-refractivity contribution in [3.8, 4) is 0 Å². The number of ether oxygens (including phenoxy) is 2. The van der Waals surface area contributed by atoms with E-state index in [1.165, 1.54) is 57.8 Å². The number of carbonyl (C=O) groups excluding carboxylic acids is 2. The summed E-state index contributed by atoms with van der Waals surface area (Å²) in [6.45, 7) is 1.65. The molecule has 0 unspecified atom stereocenters. The van der Waals surface area contributed by atoms with Crippen LogP contribution in [0.25, 0.3) is 0 Å². The summed E-state index contributed by atoms with van der Waals surface area (Å²) in [5.74, 6) is -4.09. The van der Waals surface area contributed by atoms with Gasteiger partial charge in [-0.3, -0.25) is 9.35 Å². The van der Waals surface area contributed by atoms with Crippen molar-refractivity contribution in [2.75, 3.05) is 6.61 Å². The Morgan fingerprint density at radius 1 is 0.970 bits per heavy atom. The number of hydrogen-bond donors (Lipinski definition) is 3. The highest BCUT2D eigenvalue weighted by Gasteiger charge is 2.42. The average Bonchev–Trinajstić information content (AvgIpc) is 3.02. The molecule has 11 heteroatoms. The molecule has 0 aliphatic carbocycles. The molecule has 0 fully saturated rings. The van der Waals surface area contributed by atoms with Gasteiger partial charge in [0.05, 0.1) is 0 Å². The van der Waals surface area contributed by atoms with Crippen LogP contribution >= 0.6 is 0 Å². The van der Waals surface area contributed by atoms with Gasteiger partial charge in [-0.2, -0.15) is 8.42 Å². The number of carbonyl (C=O) groups is 2. The van der Waals surface area contributed by atoms with E-state index in [0.29, 0.717) is 6.42 Å². The van der Waals surface area contributed by atoms with Gasteiger partial charge in [0.25, 0.3) is 5.76 Å². The molecule has 2 atom stereocenters. The van der Waals surface area contributed by atoms with E-state index in [0.717, 1.165) is 19.3 Å². The van der Waals surface area contributed by atoms with Gasteiger partial charge in [-0.1, -0.05) is 84.0 Å². The molecule has 0 aromatic carbocycles. The van der Waals surface area contributed by atoms with Crippen LogP contribution in [0, 0.1) is 0 Å². The molecule has 0 aromatic heterocycles. The fourth-order valence-corrected chi connectivity index (χ4v) is 3.89. The lowest BCUT2D eigenvalue weighted by Crippen LogP contribution is -2.33. The molecular weight excluding hydrogens is 456 g/mol. The maximum Gasteiger partial charge on any atom is 0.446 e. The van der Waals surface area contributed by atoms with Crippen molar-refractivity contribution in [1.82, 2.24) is 0 Å². The Bertz CT molecular complexity index is 731. The molecule has 0 spiro atoms. The Balaban J connectivity index is 2.09. The minimum Gasteiger partial charge on any atom is -0.505 e. The van der Waals surface area contributed by atoms with Gasteiger partial charge in [0.2, 0.25) is 0 Å². The summed E-state index contributed by atoms with van der Waals surface area (Å²) in [4.78, 5) is 23.3. The molecule has 1 aliphatic rings. The topological polar surface area (TPSA) is 157 Å². The smallest absolute Gasteiger partial charge is 0.446 e. The molecule has 0 bridgehead atoms. The number of cyclic esters (lactones) is 1. The lowest BCUT2D eigenvalue weighted by Gasteiger charge is -2.17. The zero-order chi connectivity index (χ0) is 24.7. The normalized spacial score (nSPS) is 17.2. The van der Waals surface area contributed by atoms with Crippen LogP contribution in [0.2, 0.25) is 0 Å². The molecule has 0 amide bonds. The lowest BCUT2D eigenvalue weighted by atomic mass is 10.0. The van der Waals surface area contributed by atoms with Crippen LogP contribution in [0.4, 0.5) is 0 Å². The summed E-state index contributed by atoms with van der Waals surface area (Å²) in [5, 5.41) is 19.8. The van der Waals surface area contributed by atoms with Crippen molar-refractivity contribution >= 4 is 22.3 Å². The minimum atomic E-state index is -5.06. The van der Waals surface area contributed by atoms with E-state index in [2.05, 4.69) is 15.8 Å². The average molecular weight is 495 g/mol. The zero-order valence-corrected chi connectivity index (χ0v) is 20.2. The van der Waals surface area contributed by atoms with Crippen LogP contribution in [-0.4, -0.2) is 53.9 Å². The molecule has 1 heterocycles. The van der Waals surface area contributed by atoms with Crippen molar-refractivity contribution in [3.63, 3.8) is 0 Å². The third-order valence-electron chi connectivity index (χ3n) is 5.36. The number of rotatable bonds is 19. The predicted octanol–water partition coefficient (Wildman–Crippen LogP) is 3.89. The van der Waals surface area contributed by atoms with Gasteiger partial charge in [-0.05, 0) is 6.42 Å². The van der Waals surface area contributed by atoms with E-state index in [-0.39, 0.29) is 6.42 Å². The van der Waals surface area contributed by atoms with E-state index in [4.69, 9.17) is 9.29 Å². The maximum atomic E-state index is 11.8. The molecule has 0 saturated heterocycles. The van der Waals surface area contributed by atoms with Crippen molar-refractivity contribution < 1.29 is 46.4 Å². The van der Waals surface area contributed by atoms with E-state index >= 15 is 0 Å².